The first-order chi connectivity index (χ1) is 17.6. The molecule has 0 radical (unpaired) electrons. The maximum Gasteiger partial charge on any atom is 0.338 e. The van der Waals surface area contributed by atoms with Crippen molar-refractivity contribution in [1.29, 1.82) is 0 Å². The van der Waals surface area contributed by atoms with Gasteiger partial charge < -0.3 is 19.3 Å². The van der Waals surface area contributed by atoms with E-state index in [-0.39, 0.29) is 19.0 Å². The molecule has 0 spiro atoms. The summed E-state index contributed by atoms with van der Waals surface area (Å²) in [6.07, 6.45) is 14.5. The van der Waals surface area contributed by atoms with E-state index in [2.05, 4.69) is 6.92 Å². The highest BCUT2D eigenvalue weighted by molar-refractivity contribution is 5.91. The third kappa shape index (κ3) is 11.2. The molecule has 36 heavy (non-hydrogen) atoms. The van der Waals surface area contributed by atoms with Crippen molar-refractivity contribution in [3.63, 3.8) is 0 Å². The SMILES string of the molecule is CCCCCCCCCCCCCCCC(=O)O[C@@H](CO)[C@H]1OC(=O)C(C)=C1OCc1ccccc1. The van der Waals surface area contributed by atoms with Gasteiger partial charge in [-0.2, -0.15) is 0 Å². The van der Waals surface area contributed by atoms with Gasteiger partial charge in [0.15, 0.2) is 18.0 Å². The monoisotopic (exact) mass is 502 g/mol. The van der Waals surface area contributed by atoms with Gasteiger partial charge in [-0.15, -0.1) is 0 Å². The summed E-state index contributed by atoms with van der Waals surface area (Å²) < 4.78 is 16.7. The fourth-order valence-corrected chi connectivity index (χ4v) is 4.45. The highest BCUT2D eigenvalue weighted by Crippen LogP contribution is 2.28. The number of esters is 2. The van der Waals surface area contributed by atoms with Gasteiger partial charge in [-0.1, -0.05) is 114 Å². The smallest absolute Gasteiger partial charge is 0.338 e. The quantitative estimate of drug-likeness (QED) is 0.156. The molecule has 2 atom stereocenters. The number of aliphatic hydroxyl groups excluding tert-OH is 1. The Balaban J connectivity index is 1.62. The van der Waals surface area contributed by atoms with Gasteiger partial charge in [0, 0.05) is 6.42 Å². The van der Waals surface area contributed by atoms with E-state index >= 15 is 0 Å². The second kappa shape index (κ2) is 18.0. The predicted molar refractivity (Wildman–Crippen MR) is 141 cm³/mol. The highest BCUT2D eigenvalue weighted by Gasteiger charge is 2.40. The van der Waals surface area contributed by atoms with E-state index in [1.54, 1.807) is 6.92 Å². The second-order valence-corrected chi connectivity index (χ2v) is 9.79. The number of hydrogen-bond acceptors (Lipinski definition) is 6. The predicted octanol–water partition coefficient (Wildman–Crippen LogP) is 6.79. The number of unbranched alkanes of at least 4 members (excludes halogenated alkanes) is 12. The molecule has 0 bridgehead atoms. The fraction of sp³-hybridized carbons (Fsp3) is 0.667. The average molecular weight is 503 g/mol. The number of hydrogen-bond donors (Lipinski definition) is 1. The molecular weight excluding hydrogens is 456 g/mol. The van der Waals surface area contributed by atoms with E-state index in [4.69, 9.17) is 14.2 Å². The first-order valence-corrected chi connectivity index (χ1v) is 14.0. The van der Waals surface area contributed by atoms with E-state index in [1.165, 1.54) is 64.2 Å². The molecule has 202 valence electrons. The second-order valence-electron chi connectivity index (χ2n) is 9.79. The minimum Gasteiger partial charge on any atom is -0.489 e. The van der Waals surface area contributed by atoms with Gasteiger partial charge in [-0.3, -0.25) is 4.79 Å². The topological polar surface area (TPSA) is 82.1 Å². The molecule has 1 aliphatic rings. The van der Waals surface area contributed by atoms with Crippen LogP contribution in [-0.2, 0) is 30.4 Å². The minimum absolute atomic E-state index is 0.256. The van der Waals surface area contributed by atoms with Crippen molar-refractivity contribution in [2.24, 2.45) is 0 Å². The third-order valence-corrected chi connectivity index (χ3v) is 6.69. The lowest BCUT2D eigenvalue weighted by Gasteiger charge is -2.23. The fourth-order valence-electron chi connectivity index (χ4n) is 4.45. The van der Waals surface area contributed by atoms with Crippen LogP contribution in [0.1, 0.15) is 109 Å². The molecule has 6 heteroatoms. The molecule has 6 nitrogen and oxygen atoms in total. The van der Waals surface area contributed by atoms with Crippen molar-refractivity contribution in [1.82, 2.24) is 0 Å². The van der Waals surface area contributed by atoms with Crippen LogP contribution in [0.2, 0.25) is 0 Å². The zero-order valence-electron chi connectivity index (χ0n) is 22.3. The molecule has 0 amide bonds. The lowest BCUT2D eigenvalue weighted by molar-refractivity contribution is -0.165. The van der Waals surface area contributed by atoms with Crippen LogP contribution in [-0.4, -0.2) is 35.9 Å². The number of carbonyl (C=O) groups is 2. The Morgan fingerprint density at radius 2 is 1.47 bits per heavy atom. The Hall–Kier alpha value is -2.34. The molecule has 1 aromatic carbocycles. The van der Waals surface area contributed by atoms with Crippen LogP contribution in [0.15, 0.2) is 41.7 Å². The normalized spacial score (nSPS) is 16.2. The molecular formula is C30H46O6. The Morgan fingerprint density at radius 3 is 2.03 bits per heavy atom. The van der Waals surface area contributed by atoms with E-state index in [0.717, 1.165) is 24.8 Å². The summed E-state index contributed by atoms with van der Waals surface area (Å²) in [5.41, 5.74) is 1.28. The summed E-state index contributed by atoms with van der Waals surface area (Å²) in [6.45, 7) is 3.67. The number of cyclic esters (lactones) is 1. The zero-order valence-corrected chi connectivity index (χ0v) is 22.3. The van der Waals surface area contributed by atoms with Gasteiger partial charge in [-0.05, 0) is 18.9 Å². The first kappa shape index (κ1) is 29.9. The lowest BCUT2D eigenvalue weighted by Crippen LogP contribution is -2.37. The summed E-state index contributed by atoms with van der Waals surface area (Å²) in [5, 5.41) is 9.85. The largest absolute Gasteiger partial charge is 0.489 e. The molecule has 0 fully saturated rings. The van der Waals surface area contributed by atoms with Crippen molar-refractivity contribution in [2.45, 2.75) is 123 Å². The van der Waals surface area contributed by atoms with Crippen molar-refractivity contribution in [2.75, 3.05) is 6.61 Å². The van der Waals surface area contributed by atoms with E-state index in [1.807, 2.05) is 30.3 Å². The highest BCUT2D eigenvalue weighted by atomic mass is 16.6. The first-order valence-electron chi connectivity index (χ1n) is 14.0. The molecule has 1 heterocycles. The Bertz CT molecular complexity index is 788. The van der Waals surface area contributed by atoms with Crippen LogP contribution in [0.4, 0.5) is 0 Å². The van der Waals surface area contributed by atoms with Crippen LogP contribution in [0.25, 0.3) is 0 Å². The van der Waals surface area contributed by atoms with Crippen molar-refractivity contribution in [3.05, 3.63) is 47.2 Å². The molecule has 1 N–H and O–H groups in total. The summed E-state index contributed by atoms with van der Waals surface area (Å²) in [5.74, 6) is -0.592. The molecule has 1 aromatic rings. The van der Waals surface area contributed by atoms with Crippen molar-refractivity contribution in [3.8, 4) is 0 Å². The number of carbonyl (C=O) groups excluding carboxylic acids is 2. The molecule has 2 rings (SSSR count). The number of benzene rings is 1. The zero-order chi connectivity index (χ0) is 26.0. The van der Waals surface area contributed by atoms with Crippen LogP contribution in [0, 0.1) is 0 Å². The molecule has 0 saturated carbocycles. The van der Waals surface area contributed by atoms with Crippen molar-refractivity contribution >= 4 is 11.9 Å². The van der Waals surface area contributed by atoms with E-state index in [0.29, 0.717) is 11.3 Å². The minimum atomic E-state index is -0.980. The number of rotatable bonds is 20. The summed E-state index contributed by atoms with van der Waals surface area (Å²) >= 11 is 0. The third-order valence-electron chi connectivity index (χ3n) is 6.69. The van der Waals surface area contributed by atoms with Crippen LogP contribution < -0.4 is 0 Å². The summed E-state index contributed by atoms with van der Waals surface area (Å²) in [6, 6.07) is 9.56. The van der Waals surface area contributed by atoms with Gasteiger partial charge in [0.25, 0.3) is 0 Å². The Kier molecular flexibility index (Phi) is 14.9. The van der Waals surface area contributed by atoms with Crippen LogP contribution in [0.3, 0.4) is 0 Å². The maximum atomic E-state index is 12.4. The lowest BCUT2D eigenvalue weighted by atomic mass is 10.0. The molecule has 0 unspecified atom stereocenters. The molecule has 1 aliphatic heterocycles. The van der Waals surface area contributed by atoms with Crippen LogP contribution in [0.5, 0.6) is 0 Å². The number of ether oxygens (including phenoxy) is 3. The Morgan fingerprint density at radius 1 is 0.917 bits per heavy atom. The van der Waals surface area contributed by atoms with Gasteiger partial charge in [0.1, 0.15) is 6.61 Å². The number of aliphatic hydroxyl groups is 1. The van der Waals surface area contributed by atoms with E-state index < -0.39 is 24.8 Å². The summed E-state index contributed by atoms with van der Waals surface area (Å²) in [4.78, 5) is 24.5. The average Bonchev–Trinajstić information content (AvgIpc) is 3.17. The van der Waals surface area contributed by atoms with Crippen molar-refractivity contribution < 1.29 is 28.9 Å². The van der Waals surface area contributed by atoms with Crippen LogP contribution >= 0.6 is 0 Å². The van der Waals surface area contributed by atoms with Gasteiger partial charge in [-0.25, -0.2) is 4.79 Å². The Labute approximate surface area is 217 Å². The molecule has 0 aliphatic carbocycles. The molecule has 0 saturated heterocycles. The molecule has 0 aromatic heterocycles. The maximum absolute atomic E-state index is 12.4. The van der Waals surface area contributed by atoms with Gasteiger partial charge >= 0.3 is 11.9 Å². The van der Waals surface area contributed by atoms with Gasteiger partial charge in [0.2, 0.25) is 0 Å². The van der Waals surface area contributed by atoms with E-state index in [9.17, 15) is 14.7 Å². The summed E-state index contributed by atoms with van der Waals surface area (Å²) in [7, 11) is 0. The van der Waals surface area contributed by atoms with Gasteiger partial charge in [0.05, 0.1) is 12.2 Å². The standard InChI is InChI=1S/C30H46O6/c1-3-4-5-6-7-8-9-10-11-12-13-14-18-21-27(32)35-26(22-31)29-28(24(2)30(33)36-29)34-23-25-19-16-15-17-20-25/h15-17,19-20,26,29,31H,3-14,18,21-23H2,1-2H3/t26-,29+/m0/s1.